The summed E-state index contributed by atoms with van der Waals surface area (Å²) in [6.07, 6.45) is 17.2. The van der Waals surface area contributed by atoms with E-state index < -0.39 is 0 Å². The van der Waals surface area contributed by atoms with Crippen molar-refractivity contribution in [1.82, 2.24) is 0 Å². The maximum absolute atomic E-state index is 4.43. The molecular formula is C21H25I. The lowest BCUT2D eigenvalue weighted by Gasteiger charge is -2.34. The topological polar surface area (TPSA) is 0 Å². The highest BCUT2D eigenvalue weighted by atomic mass is 127. The van der Waals surface area contributed by atoms with Gasteiger partial charge in [0.15, 0.2) is 0 Å². The molecule has 3 unspecified atom stereocenters. The van der Waals surface area contributed by atoms with E-state index >= 15 is 0 Å². The standard InChI is InChI=1S/C21H25I/c1-14(22)12-19-15(2)18-11-10-17(13-20(18)21(19,3)4)16-8-6-5-7-9-16/h5-8,10-11,16-17,19H,1-2,9,12-13H2,3-4H3. The van der Waals surface area contributed by atoms with Crippen molar-refractivity contribution in [2.75, 3.05) is 0 Å². The minimum atomic E-state index is 0.206. The molecule has 1 heteroatoms. The monoisotopic (exact) mass is 404 g/mol. The summed E-state index contributed by atoms with van der Waals surface area (Å²) in [5.74, 6) is 1.79. The average molecular weight is 404 g/mol. The lowest BCUT2D eigenvalue weighted by molar-refractivity contribution is 0.308. The Kier molecular flexibility index (Phi) is 4.37. The molecule has 3 atom stereocenters. The molecule has 0 saturated carbocycles. The van der Waals surface area contributed by atoms with Gasteiger partial charge < -0.3 is 0 Å². The molecule has 0 amide bonds. The van der Waals surface area contributed by atoms with Gasteiger partial charge in [-0.05, 0) is 79.7 Å². The van der Waals surface area contributed by atoms with E-state index in [1.807, 2.05) is 0 Å². The van der Waals surface area contributed by atoms with Crippen LogP contribution in [0.25, 0.3) is 0 Å². The van der Waals surface area contributed by atoms with Gasteiger partial charge in [-0.3, -0.25) is 0 Å². The van der Waals surface area contributed by atoms with E-state index in [4.69, 9.17) is 0 Å². The van der Waals surface area contributed by atoms with Crippen LogP contribution in [0.4, 0.5) is 0 Å². The maximum Gasteiger partial charge on any atom is -0.00283 e. The third-order valence-electron chi connectivity index (χ3n) is 5.68. The Morgan fingerprint density at radius 2 is 2.05 bits per heavy atom. The Hall–Kier alpha value is -0.830. The summed E-state index contributed by atoms with van der Waals surface area (Å²) in [5.41, 5.74) is 4.58. The van der Waals surface area contributed by atoms with Gasteiger partial charge in [0.05, 0.1) is 0 Å². The molecule has 0 heterocycles. The summed E-state index contributed by atoms with van der Waals surface area (Å²) >= 11 is 2.36. The van der Waals surface area contributed by atoms with Gasteiger partial charge in [0.2, 0.25) is 0 Å². The van der Waals surface area contributed by atoms with Crippen LogP contribution >= 0.6 is 22.6 Å². The molecule has 0 aromatic heterocycles. The van der Waals surface area contributed by atoms with E-state index in [0.717, 1.165) is 6.42 Å². The molecule has 116 valence electrons. The van der Waals surface area contributed by atoms with Crippen LogP contribution in [0.15, 0.2) is 69.9 Å². The normalized spacial score (nSPS) is 32.5. The van der Waals surface area contributed by atoms with Gasteiger partial charge in [0.1, 0.15) is 0 Å². The largest absolute Gasteiger partial charge is 0.0949 e. The first-order chi connectivity index (χ1) is 10.4. The lowest BCUT2D eigenvalue weighted by atomic mass is 9.70. The number of hydrogen-bond donors (Lipinski definition) is 0. The van der Waals surface area contributed by atoms with Gasteiger partial charge in [0.25, 0.3) is 0 Å². The van der Waals surface area contributed by atoms with E-state index in [0.29, 0.717) is 17.8 Å². The third-order valence-corrected chi connectivity index (χ3v) is 6.12. The van der Waals surface area contributed by atoms with E-state index in [-0.39, 0.29) is 5.41 Å². The minimum Gasteiger partial charge on any atom is -0.0949 e. The second-order valence-corrected chi connectivity index (χ2v) is 8.88. The molecule has 0 bridgehead atoms. The maximum atomic E-state index is 4.43. The summed E-state index contributed by atoms with van der Waals surface area (Å²) in [7, 11) is 0. The van der Waals surface area contributed by atoms with E-state index in [2.05, 4.69) is 86.1 Å². The quantitative estimate of drug-likeness (QED) is 0.469. The molecule has 3 aliphatic rings. The predicted octanol–water partition coefficient (Wildman–Crippen LogP) is 6.54. The summed E-state index contributed by atoms with van der Waals surface area (Å²) in [5, 5.41) is 0. The highest BCUT2D eigenvalue weighted by Crippen LogP contribution is 2.56. The Morgan fingerprint density at radius 1 is 1.27 bits per heavy atom. The lowest BCUT2D eigenvalue weighted by Crippen LogP contribution is -2.25. The number of rotatable bonds is 3. The van der Waals surface area contributed by atoms with Gasteiger partial charge >= 0.3 is 0 Å². The predicted molar refractivity (Wildman–Crippen MR) is 105 cm³/mol. The molecular weight excluding hydrogens is 379 g/mol. The zero-order valence-corrected chi connectivity index (χ0v) is 15.8. The SMILES string of the molecule is C=C(I)CC1C(=C)C2=C(CC(C3C=CC=CC3)C=C2)C1(C)C. The van der Waals surface area contributed by atoms with Crippen LogP contribution in [0.2, 0.25) is 0 Å². The number of halogens is 1. The Bertz CT molecular complexity index is 624. The fourth-order valence-electron chi connectivity index (χ4n) is 4.29. The highest BCUT2D eigenvalue weighted by Gasteiger charge is 2.44. The van der Waals surface area contributed by atoms with E-state index in [9.17, 15) is 0 Å². The highest BCUT2D eigenvalue weighted by molar-refractivity contribution is 14.1. The summed E-state index contributed by atoms with van der Waals surface area (Å²) < 4.78 is 1.23. The molecule has 0 radical (unpaired) electrons. The number of hydrogen-bond acceptors (Lipinski definition) is 0. The van der Waals surface area contributed by atoms with Gasteiger partial charge in [-0.1, -0.05) is 69.0 Å². The molecule has 3 rings (SSSR count). The van der Waals surface area contributed by atoms with Crippen molar-refractivity contribution in [3.63, 3.8) is 0 Å². The molecule has 0 saturated heterocycles. The summed E-state index contributed by atoms with van der Waals surface area (Å²) in [6.45, 7) is 13.3. The van der Waals surface area contributed by atoms with Crippen LogP contribution < -0.4 is 0 Å². The zero-order valence-electron chi connectivity index (χ0n) is 13.6. The first-order valence-corrected chi connectivity index (χ1v) is 9.26. The van der Waals surface area contributed by atoms with Crippen LogP contribution in [-0.4, -0.2) is 0 Å². The van der Waals surface area contributed by atoms with Crippen molar-refractivity contribution < 1.29 is 0 Å². The van der Waals surface area contributed by atoms with Crippen LogP contribution in [-0.2, 0) is 0 Å². The van der Waals surface area contributed by atoms with Gasteiger partial charge in [-0.15, -0.1) is 0 Å². The number of allylic oxidation sites excluding steroid dienone is 10. The fourth-order valence-corrected chi connectivity index (χ4v) is 4.73. The molecule has 0 N–H and O–H groups in total. The van der Waals surface area contributed by atoms with Crippen LogP contribution in [0.5, 0.6) is 0 Å². The van der Waals surface area contributed by atoms with Crippen molar-refractivity contribution >= 4 is 22.6 Å². The molecule has 0 aromatic carbocycles. The Labute approximate surface area is 148 Å². The molecule has 0 fully saturated rings. The van der Waals surface area contributed by atoms with Gasteiger partial charge in [-0.2, -0.15) is 0 Å². The zero-order chi connectivity index (χ0) is 15.9. The molecule has 3 aliphatic carbocycles. The summed E-state index contributed by atoms with van der Waals surface area (Å²) in [6, 6.07) is 0. The second kappa shape index (κ2) is 5.99. The molecule has 0 spiro atoms. The van der Waals surface area contributed by atoms with Gasteiger partial charge in [0, 0.05) is 0 Å². The summed E-state index contributed by atoms with van der Waals surface area (Å²) in [4.78, 5) is 0. The fraction of sp³-hybridized carbons (Fsp3) is 0.429. The first kappa shape index (κ1) is 16.0. The minimum absolute atomic E-state index is 0.206. The van der Waals surface area contributed by atoms with Crippen molar-refractivity contribution in [3.8, 4) is 0 Å². The van der Waals surface area contributed by atoms with Crippen LogP contribution in [0.3, 0.4) is 0 Å². The average Bonchev–Trinajstić information content (AvgIpc) is 2.69. The second-order valence-electron chi connectivity index (χ2n) is 7.35. The van der Waals surface area contributed by atoms with E-state index in [1.165, 1.54) is 27.6 Å². The van der Waals surface area contributed by atoms with Crippen molar-refractivity contribution in [3.05, 3.63) is 69.9 Å². The van der Waals surface area contributed by atoms with E-state index in [1.54, 1.807) is 5.57 Å². The van der Waals surface area contributed by atoms with Crippen molar-refractivity contribution in [1.29, 1.82) is 0 Å². The smallest absolute Gasteiger partial charge is 0.00283 e. The van der Waals surface area contributed by atoms with Crippen molar-refractivity contribution in [2.45, 2.75) is 33.1 Å². The van der Waals surface area contributed by atoms with Crippen LogP contribution in [0, 0.1) is 23.2 Å². The molecule has 0 nitrogen and oxygen atoms in total. The van der Waals surface area contributed by atoms with Crippen LogP contribution in [0.1, 0.15) is 33.1 Å². The molecule has 0 aliphatic heterocycles. The Balaban J connectivity index is 1.85. The van der Waals surface area contributed by atoms with Crippen molar-refractivity contribution in [2.24, 2.45) is 23.2 Å². The Morgan fingerprint density at radius 3 is 2.68 bits per heavy atom. The molecule has 22 heavy (non-hydrogen) atoms. The third kappa shape index (κ3) is 2.73. The molecule has 0 aromatic rings. The first-order valence-electron chi connectivity index (χ1n) is 8.19. The van der Waals surface area contributed by atoms with Gasteiger partial charge in [-0.25, -0.2) is 0 Å².